The largest absolute Gasteiger partial charge is 0.388 e. The summed E-state index contributed by atoms with van der Waals surface area (Å²) < 4.78 is 13.4. The lowest BCUT2D eigenvalue weighted by molar-refractivity contribution is 0.0897. The lowest BCUT2D eigenvalue weighted by Gasteiger charge is -2.22. The van der Waals surface area contributed by atoms with Crippen LogP contribution in [0.15, 0.2) is 18.2 Å². The molecule has 1 nitrogen and oxygen atoms in total. The fourth-order valence-electron chi connectivity index (χ4n) is 2.68. The second-order valence-corrected chi connectivity index (χ2v) is 5.03. The van der Waals surface area contributed by atoms with E-state index in [4.69, 9.17) is 0 Å². The van der Waals surface area contributed by atoms with Gasteiger partial charge in [-0.3, -0.25) is 0 Å². The summed E-state index contributed by atoms with van der Waals surface area (Å²) in [7, 11) is 0. The molecule has 16 heavy (non-hydrogen) atoms. The molecule has 3 atom stereocenters. The Balaban J connectivity index is 2.20. The van der Waals surface area contributed by atoms with E-state index in [0.29, 0.717) is 17.4 Å². The van der Waals surface area contributed by atoms with Crippen molar-refractivity contribution in [3.8, 4) is 0 Å². The Bertz CT molecular complexity index is 375. The van der Waals surface area contributed by atoms with Crippen LogP contribution in [0.5, 0.6) is 0 Å². The van der Waals surface area contributed by atoms with Crippen molar-refractivity contribution in [1.29, 1.82) is 0 Å². The molecule has 1 aliphatic carbocycles. The minimum atomic E-state index is -0.507. The second kappa shape index (κ2) is 4.54. The summed E-state index contributed by atoms with van der Waals surface area (Å²) in [6.45, 7) is 3.91. The Morgan fingerprint density at radius 1 is 1.38 bits per heavy atom. The van der Waals surface area contributed by atoms with E-state index < -0.39 is 6.10 Å². The van der Waals surface area contributed by atoms with E-state index in [-0.39, 0.29) is 5.82 Å². The number of halogens is 1. The van der Waals surface area contributed by atoms with Crippen LogP contribution in [0.2, 0.25) is 0 Å². The van der Waals surface area contributed by atoms with Crippen LogP contribution < -0.4 is 0 Å². The van der Waals surface area contributed by atoms with Crippen LogP contribution in [-0.2, 0) is 0 Å². The highest BCUT2D eigenvalue weighted by atomic mass is 19.1. The third-order valence-electron chi connectivity index (χ3n) is 3.87. The first-order chi connectivity index (χ1) is 7.59. The van der Waals surface area contributed by atoms with Gasteiger partial charge in [-0.2, -0.15) is 0 Å². The van der Waals surface area contributed by atoms with Gasteiger partial charge in [0, 0.05) is 0 Å². The molecule has 1 aromatic carbocycles. The normalized spacial score (nSPS) is 27.0. The molecule has 0 heterocycles. The molecule has 0 saturated heterocycles. The fourth-order valence-corrected chi connectivity index (χ4v) is 2.68. The highest BCUT2D eigenvalue weighted by Crippen LogP contribution is 2.40. The maximum Gasteiger partial charge on any atom is 0.126 e. The molecule has 0 spiro atoms. The molecule has 0 aromatic heterocycles. The molecule has 2 rings (SSSR count). The van der Waals surface area contributed by atoms with Crippen LogP contribution in [-0.4, -0.2) is 5.11 Å². The minimum Gasteiger partial charge on any atom is -0.388 e. The standard InChI is InChI=1S/C14H19FO/c1-9-4-3-5-12(9)14(16)11-7-6-10(2)13(15)8-11/h6-9,12,14,16H,3-5H2,1-2H3. The van der Waals surface area contributed by atoms with Gasteiger partial charge in [0.1, 0.15) is 5.82 Å². The van der Waals surface area contributed by atoms with Gasteiger partial charge in [0.05, 0.1) is 6.10 Å². The molecular formula is C14H19FO. The number of rotatable bonds is 2. The Morgan fingerprint density at radius 2 is 2.12 bits per heavy atom. The van der Waals surface area contributed by atoms with Gasteiger partial charge in [0.15, 0.2) is 0 Å². The smallest absolute Gasteiger partial charge is 0.126 e. The lowest BCUT2D eigenvalue weighted by atomic mass is 9.88. The van der Waals surface area contributed by atoms with Crippen molar-refractivity contribution < 1.29 is 9.50 Å². The first-order valence-electron chi connectivity index (χ1n) is 6.03. The number of hydrogen-bond acceptors (Lipinski definition) is 1. The number of aliphatic hydroxyl groups is 1. The third kappa shape index (κ3) is 2.12. The summed E-state index contributed by atoms with van der Waals surface area (Å²) in [6.07, 6.45) is 2.90. The molecule has 2 heteroatoms. The van der Waals surface area contributed by atoms with Gasteiger partial charge in [0.2, 0.25) is 0 Å². The highest BCUT2D eigenvalue weighted by molar-refractivity contribution is 5.25. The summed E-state index contributed by atoms with van der Waals surface area (Å²) >= 11 is 0. The molecule has 0 radical (unpaired) electrons. The van der Waals surface area contributed by atoms with Crippen LogP contribution in [0.25, 0.3) is 0 Å². The van der Waals surface area contributed by atoms with Gasteiger partial charge in [-0.15, -0.1) is 0 Å². The topological polar surface area (TPSA) is 20.2 Å². The first-order valence-corrected chi connectivity index (χ1v) is 6.03. The zero-order valence-corrected chi connectivity index (χ0v) is 9.91. The lowest BCUT2D eigenvalue weighted by Crippen LogP contribution is -2.15. The van der Waals surface area contributed by atoms with Crippen molar-refractivity contribution in [3.05, 3.63) is 35.1 Å². The zero-order chi connectivity index (χ0) is 11.7. The van der Waals surface area contributed by atoms with Gasteiger partial charge >= 0.3 is 0 Å². The average molecular weight is 222 g/mol. The molecular weight excluding hydrogens is 203 g/mol. The van der Waals surface area contributed by atoms with E-state index in [1.165, 1.54) is 18.9 Å². The SMILES string of the molecule is Cc1ccc(C(O)C2CCCC2C)cc1F. The predicted octanol–water partition coefficient (Wildman–Crippen LogP) is 3.60. The second-order valence-electron chi connectivity index (χ2n) is 5.03. The molecule has 1 saturated carbocycles. The Morgan fingerprint density at radius 3 is 2.69 bits per heavy atom. The number of aryl methyl sites for hydroxylation is 1. The summed E-state index contributed by atoms with van der Waals surface area (Å²) in [5.41, 5.74) is 1.36. The monoisotopic (exact) mass is 222 g/mol. The summed E-state index contributed by atoms with van der Waals surface area (Å²) in [6, 6.07) is 5.06. The van der Waals surface area contributed by atoms with Crippen molar-refractivity contribution in [2.45, 2.75) is 39.2 Å². The molecule has 0 aliphatic heterocycles. The molecule has 0 bridgehead atoms. The molecule has 1 N–H and O–H groups in total. The molecule has 1 aromatic rings. The predicted molar refractivity (Wildman–Crippen MR) is 62.6 cm³/mol. The van der Waals surface area contributed by atoms with Crippen LogP contribution in [0.3, 0.4) is 0 Å². The number of aliphatic hydroxyl groups excluding tert-OH is 1. The molecule has 3 unspecified atom stereocenters. The molecule has 1 fully saturated rings. The van der Waals surface area contributed by atoms with E-state index in [0.717, 1.165) is 12.0 Å². The van der Waals surface area contributed by atoms with Crippen LogP contribution in [0, 0.1) is 24.6 Å². The van der Waals surface area contributed by atoms with Crippen molar-refractivity contribution in [2.24, 2.45) is 11.8 Å². The van der Waals surface area contributed by atoms with Gasteiger partial charge in [-0.25, -0.2) is 4.39 Å². The maximum atomic E-state index is 13.4. The zero-order valence-electron chi connectivity index (χ0n) is 9.91. The summed E-state index contributed by atoms with van der Waals surface area (Å²) in [5, 5.41) is 10.2. The summed E-state index contributed by atoms with van der Waals surface area (Å²) in [4.78, 5) is 0. The van der Waals surface area contributed by atoms with Gasteiger partial charge in [0.25, 0.3) is 0 Å². The number of benzene rings is 1. The van der Waals surface area contributed by atoms with Crippen LogP contribution in [0.4, 0.5) is 4.39 Å². The molecule has 1 aliphatic rings. The Labute approximate surface area is 96.3 Å². The van der Waals surface area contributed by atoms with Gasteiger partial charge < -0.3 is 5.11 Å². The molecule has 88 valence electrons. The average Bonchev–Trinajstić information content (AvgIpc) is 2.67. The van der Waals surface area contributed by atoms with Crippen molar-refractivity contribution in [1.82, 2.24) is 0 Å². The number of hydrogen-bond donors (Lipinski definition) is 1. The Hall–Kier alpha value is -0.890. The van der Waals surface area contributed by atoms with Crippen molar-refractivity contribution >= 4 is 0 Å². The van der Waals surface area contributed by atoms with Crippen LogP contribution >= 0.6 is 0 Å². The van der Waals surface area contributed by atoms with E-state index in [9.17, 15) is 9.50 Å². The van der Waals surface area contributed by atoms with Crippen molar-refractivity contribution in [3.63, 3.8) is 0 Å². The first kappa shape index (κ1) is 11.6. The van der Waals surface area contributed by atoms with Crippen LogP contribution in [0.1, 0.15) is 43.4 Å². The van der Waals surface area contributed by atoms with E-state index in [2.05, 4.69) is 6.92 Å². The van der Waals surface area contributed by atoms with Gasteiger partial charge in [-0.1, -0.05) is 31.9 Å². The highest BCUT2D eigenvalue weighted by Gasteiger charge is 2.30. The van der Waals surface area contributed by atoms with E-state index in [1.807, 2.05) is 6.07 Å². The van der Waals surface area contributed by atoms with Gasteiger partial charge in [-0.05, 0) is 42.4 Å². The van der Waals surface area contributed by atoms with E-state index in [1.54, 1.807) is 13.0 Å². The third-order valence-corrected chi connectivity index (χ3v) is 3.87. The molecule has 0 amide bonds. The van der Waals surface area contributed by atoms with Crippen molar-refractivity contribution in [2.75, 3.05) is 0 Å². The van der Waals surface area contributed by atoms with E-state index >= 15 is 0 Å². The Kier molecular flexibility index (Phi) is 3.29. The maximum absolute atomic E-state index is 13.4. The quantitative estimate of drug-likeness (QED) is 0.810. The summed E-state index contributed by atoms with van der Waals surface area (Å²) in [5.74, 6) is 0.615. The minimum absolute atomic E-state index is 0.220. The fraction of sp³-hybridized carbons (Fsp3) is 0.571.